The minimum Gasteiger partial charge on any atom is -0.470 e. The Balaban J connectivity index is 1.44. The van der Waals surface area contributed by atoms with Crippen LogP contribution in [0.5, 0.6) is 0 Å². The van der Waals surface area contributed by atoms with E-state index in [4.69, 9.17) is 4.42 Å². The highest BCUT2D eigenvalue weighted by molar-refractivity contribution is 7.01. The number of aryl methyl sites for hydroxylation is 1. The summed E-state index contributed by atoms with van der Waals surface area (Å²) < 4.78 is 6.90. The second-order valence-electron chi connectivity index (χ2n) is 15.2. The second kappa shape index (κ2) is 8.79. The molecule has 0 saturated heterocycles. The lowest BCUT2D eigenvalue weighted by molar-refractivity contribution is 0.453. The Hall–Kier alpha value is -3.98. The summed E-state index contributed by atoms with van der Waals surface area (Å²) in [7, 11) is 0. The quantitative estimate of drug-likeness (QED) is 0.186. The first-order chi connectivity index (χ1) is 20.4. The molecule has 8 rings (SSSR count). The van der Waals surface area contributed by atoms with E-state index in [1.807, 2.05) is 0 Å². The standard InChI is InChI=1S/C40H40BNO/c1-23-17-30-36-29-20-25-11-9-10-12-26(25)21-35(29)43-38(36)41-31-15-13-28(40(6,7)8)22-33(31)42(34(18-23)37(30)41)32-16-14-27(19-24(32)2)39(3,4)5/h9-18,20-22,24H,19H2,1-8H3. The van der Waals surface area contributed by atoms with Gasteiger partial charge in [0.05, 0.1) is 5.66 Å². The summed E-state index contributed by atoms with van der Waals surface area (Å²) in [5.74, 6) is 0.405. The molecule has 5 aromatic rings. The van der Waals surface area contributed by atoms with E-state index < -0.39 is 0 Å². The summed E-state index contributed by atoms with van der Waals surface area (Å²) in [6.07, 6.45) is 5.88. The van der Waals surface area contributed by atoms with Crippen molar-refractivity contribution in [1.82, 2.24) is 0 Å². The molecule has 4 aromatic carbocycles. The van der Waals surface area contributed by atoms with Crippen LogP contribution in [0, 0.1) is 18.3 Å². The van der Waals surface area contributed by atoms with E-state index in [-0.39, 0.29) is 17.5 Å². The van der Waals surface area contributed by atoms with Crippen molar-refractivity contribution in [2.24, 2.45) is 11.3 Å². The molecular formula is C40H40BNO. The minimum atomic E-state index is 0.0465. The maximum Gasteiger partial charge on any atom is 0.293 e. The van der Waals surface area contributed by atoms with Crippen molar-refractivity contribution in [3.8, 4) is 11.1 Å². The zero-order chi connectivity index (χ0) is 30.0. The number of benzene rings is 4. The van der Waals surface area contributed by atoms with E-state index in [1.54, 1.807) is 0 Å². The zero-order valence-electron chi connectivity index (χ0n) is 26.7. The van der Waals surface area contributed by atoms with E-state index in [0.29, 0.717) is 5.92 Å². The molecule has 2 nitrogen and oxygen atoms in total. The molecule has 0 amide bonds. The van der Waals surface area contributed by atoms with Gasteiger partial charge in [0, 0.05) is 33.9 Å². The number of rotatable bonds is 1. The van der Waals surface area contributed by atoms with Crippen LogP contribution in [0.15, 0.2) is 94.6 Å². The molecule has 0 bridgehead atoms. The number of hydrogen-bond donors (Lipinski definition) is 0. The summed E-state index contributed by atoms with van der Waals surface area (Å²) in [5, 5.41) is 3.70. The van der Waals surface area contributed by atoms with Gasteiger partial charge in [0.15, 0.2) is 0 Å². The Morgan fingerprint density at radius 2 is 1.56 bits per heavy atom. The van der Waals surface area contributed by atoms with Gasteiger partial charge in [-0.05, 0) is 92.9 Å². The molecule has 2 aliphatic heterocycles. The Morgan fingerprint density at radius 1 is 0.814 bits per heavy atom. The minimum absolute atomic E-state index is 0.0465. The molecule has 0 N–H and O–H groups in total. The molecule has 0 saturated carbocycles. The number of hydrogen-bond acceptors (Lipinski definition) is 2. The highest BCUT2D eigenvalue weighted by Gasteiger charge is 2.47. The molecule has 3 heteroatoms. The van der Waals surface area contributed by atoms with Crippen molar-refractivity contribution in [3.05, 3.63) is 101 Å². The first-order valence-electron chi connectivity index (χ1n) is 15.9. The van der Waals surface area contributed by atoms with Gasteiger partial charge >= 0.3 is 0 Å². The highest BCUT2D eigenvalue weighted by Crippen LogP contribution is 2.46. The fourth-order valence-electron chi connectivity index (χ4n) is 7.74. The Labute approximate surface area is 256 Å². The number of furan rings is 1. The normalized spacial score (nSPS) is 17.6. The van der Waals surface area contributed by atoms with Gasteiger partial charge in [0.1, 0.15) is 5.58 Å². The Kier molecular flexibility index (Phi) is 5.44. The van der Waals surface area contributed by atoms with Crippen LogP contribution in [-0.4, -0.2) is 6.71 Å². The van der Waals surface area contributed by atoms with Crippen molar-refractivity contribution in [2.75, 3.05) is 4.90 Å². The number of allylic oxidation sites excluding steroid dienone is 4. The molecule has 1 atom stereocenters. The third-order valence-corrected chi connectivity index (χ3v) is 10.1. The number of fused-ring (bicyclic) bond motifs is 8. The first kappa shape index (κ1) is 26.6. The summed E-state index contributed by atoms with van der Waals surface area (Å²) in [6.45, 7) is 18.7. The average Bonchev–Trinajstić information content (AvgIpc) is 3.46. The lowest BCUT2D eigenvalue weighted by Crippen LogP contribution is -2.55. The van der Waals surface area contributed by atoms with E-state index in [9.17, 15) is 0 Å². The van der Waals surface area contributed by atoms with Crippen LogP contribution in [0.1, 0.15) is 66.0 Å². The average molecular weight is 562 g/mol. The molecule has 3 aliphatic rings. The van der Waals surface area contributed by atoms with Crippen molar-refractivity contribution in [2.45, 2.75) is 67.2 Å². The molecule has 1 unspecified atom stereocenters. The molecular weight excluding hydrogens is 521 g/mol. The first-order valence-corrected chi connectivity index (χ1v) is 15.9. The summed E-state index contributed by atoms with van der Waals surface area (Å²) in [6, 6.07) is 25.2. The van der Waals surface area contributed by atoms with Crippen LogP contribution in [0.3, 0.4) is 0 Å². The molecule has 3 heterocycles. The smallest absolute Gasteiger partial charge is 0.293 e. The fourth-order valence-corrected chi connectivity index (χ4v) is 7.74. The maximum absolute atomic E-state index is 6.90. The number of anilines is 2. The Bertz CT molecular complexity index is 2060. The molecule has 1 aliphatic carbocycles. The lowest BCUT2D eigenvalue weighted by Gasteiger charge is -2.41. The van der Waals surface area contributed by atoms with Gasteiger partial charge in [0.2, 0.25) is 0 Å². The summed E-state index contributed by atoms with van der Waals surface area (Å²) in [5.41, 5.74) is 15.8. The molecule has 0 fully saturated rings. The van der Waals surface area contributed by atoms with Crippen molar-refractivity contribution >= 4 is 56.4 Å². The van der Waals surface area contributed by atoms with Gasteiger partial charge in [-0.15, -0.1) is 0 Å². The summed E-state index contributed by atoms with van der Waals surface area (Å²) in [4.78, 5) is 2.61. The third kappa shape index (κ3) is 3.86. The highest BCUT2D eigenvalue weighted by atomic mass is 16.3. The van der Waals surface area contributed by atoms with Gasteiger partial charge < -0.3 is 9.32 Å². The van der Waals surface area contributed by atoms with Crippen molar-refractivity contribution in [3.63, 3.8) is 0 Å². The van der Waals surface area contributed by atoms with Gasteiger partial charge in [-0.3, -0.25) is 0 Å². The van der Waals surface area contributed by atoms with Crippen LogP contribution in [-0.2, 0) is 5.41 Å². The van der Waals surface area contributed by atoms with Crippen LogP contribution >= 0.6 is 0 Å². The second-order valence-corrected chi connectivity index (χ2v) is 15.2. The molecule has 0 radical (unpaired) electrons. The van der Waals surface area contributed by atoms with Crippen molar-refractivity contribution < 1.29 is 4.42 Å². The van der Waals surface area contributed by atoms with Gasteiger partial charge in [0.25, 0.3) is 6.71 Å². The SMILES string of the molecule is Cc1cc2c3c(c1)N(C1=CC=C(C(C)(C)C)CC1C)c1cc(C(C)(C)C)ccc1B3c1oc3cc4ccccc4cc3c1-2. The van der Waals surface area contributed by atoms with Gasteiger partial charge in [-0.1, -0.05) is 103 Å². The van der Waals surface area contributed by atoms with Crippen LogP contribution in [0.4, 0.5) is 11.4 Å². The topological polar surface area (TPSA) is 16.4 Å². The molecule has 0 spiro atoms. The Morgan fingerprint density at radius 3 is 2.26 bits per heavy atom. The maximum atomic E-state index is 6.90. The van der Waals surface area contributed by atoms with Gasteiger partial charge in [-0.2, -0.15) is 0 Å². The van der Waals surface area contributed by atoms with Crippen LogP contribution in [0.2, 0.25) is 0 Å². The van der Waals surface area contributed by atoms with Crippen LogP contribution < -0.4 is 21.5 Å². The van der Waals surface area contributed by atoms with E-state index in [2.05, 4.69) is 139 Å². The predicted molar refractivity (Wildman–Crippen MR) is 185 cm³/mol. The number of nitrogens with zero attached hydrogens (tertiary/aromatic N) is 1. The van der Waals surface area contributed by atoms with E-state index in [1.165, 1.54) is 72.0 Å². The van der Waals surface area contributed by atoms with Crippen molar-refractivity contribution in [1.29, 1.82) is 0 Å². The third-order valence-electron chi connectivity index (χ3n) is 10.1. The monoisotopic (exact) mass is 561 g/mol. The molecule has 43 heavy (non-hydrogen) atoms. The van der Waals surface area contributed by atoms with E-state index in [0.717, 1.165) is 17.7 Å². The molecule has 1 aromatic heterocycles. The van der Waals surface area contributed by atoms with Gasteiger partial charge in [-0.25, -0.2) is 0 Å². The largest absolute Gasteiger partial charge is 0.470 e. The molecule has 214 valence electrons. The summed E-state index contributed by atoms with van der Waals surface area (Å²) >= 11 is 0. The fraction of sp³-hybridized carbons (Fsp3) is 0.300. The predicted octanol–water partition coefficient (Wildman–Crippen LogP) is 9.04. The van der Waals surface area contributed by atoms with E-state index >= 15 is 0 Å². The lowest BCUT2D eigenvalue weighted by atomic mass is 9.39. The zero-order valence-corrected chi connectivity index (χ0v) is 26.7. The van der Waals surface area contributed by atoms with Crippen LogP contribution in [0.25, 0.3) is 32.9 Å².